The van der Waals surface area contributed by atoms with Crippen LogP contribution in [0, 0.1) is 5.92 Å². The third kappa shape index (κ3) is 4.86. The Bertz CT molecular complexity index is 612. The molecule has 1 aromatic heterocycles. The smallest absolute Gasteiger partial charge is 0.220 e. The van der Waals surface area contributed by atoms with E-state index in [1.165, 1.54) is 38.5 Å². The van der Waals surface area contributed by atoms with Gasteiger partial charge >= 0.3 is 0 Å². The maximum Gasteiger partial charge on any atom is 0.220 e. The van der Waals surface area contributed by atoms with Crippen LogP contribution < -0.4 is 15.5 Å². The molecule has 3 aliphatic rings. The first-order chi connectivity index (χ1) is 12.8. The van der Waals surface area contributed by atoms with Crippen LogP contribution in [0.1, 0.15) is 64.2 Å². The zero-order valence-corrected chi connectivity index (χ0v) is 15.6. The first kappa shape index (κ1) is 17.6. The standard InChI is InChI=1S/C20H31N5O/c26-20(24-16-5-1-2-6-16)10-7-15-4-3-11-25(13-15)19-12-18(21-14-22-19)23-17-8-9-17/h12,14-17H,1-11,13H2,(H,24,26)(H,21,22,23)/t15-/m1/s1. The van der Waals surface area contributed by atoms with Gasteiger partial charge in [0.1, 0.15) is 18.0 Å². The molecule has 0 unspecified atom stereocenters. The van der Waals surface area contributed by atoms with Crippen molar-refractivity contribution in [2.24, 2.45) is 5.92 Å². The molecule has 1 amide bonds. The average molecular weight is 358 g/mol. The van der Waals surface area contributed by atoms with Gasteiger partial charge in [0.15, 0.2) is 0 Å². The van der Waals surface area contributed by atoms with Crippen LogP contribution in [0.3, 0.4) is 0 Å². The van der Waals surface area contributed by atoms with E-state index in [4.69, 9.17) is 0 Å². The summed E-state index contributed by atoms with van der Waals surface area (Å²) in [6.07, 6.45) is 13.0. The van der Waals surface area contributed by atoms with Gasteiger partial charge in [-0.15, -0.1) is 0 Å². The number of carbonyl (C=O) groups excluding carboxylic acids is 1. The second-order valence-electron chi connectivity index (χ2n) is 8.22. The van der Waals surface area contributed by atoms with Gasteiger partial charge in [-0.3, -0.25) is 4.79 Å². The zero-order valence-electron chi connectivity index (χ0n) is 15.6. The fourth-order valence-corrected chi connectivity index (χ4v) is 4.25. The number of nitrogens with one attached hydrogen (secondary N) is 2. The fraction of sp³-hybridized carbons (Fsp3) is 0.750. The minimum atomic E-state index is 0.243. The third-order valence-electron chi connectivity index (χ3n) is 5.92. The SMILES string of the molecule is O=C(CC[C@H]1CCCN(c2cc(NC3CC3)ncn2)C1)NC1CCCC1. The van der Waals surface area contributed by atoms with Gasteiger partial charge in [-0.25, -0.2) is 9.97 Å². The molecule has 1 aromatic rings. The van der Waals surface area contributed by atoms with Gasteiger partial charge in [0.25, 0.3) is 0 Å². The predicted octanol–water partition coefficient (Wildman–Crippen LogP) is 3.11. The van der Waals surface area contributed by atoms with Gasteiger partial charge in [-0.2, -0.15) is 0 Å². The molecule has 142 valence electrons. The second-order valence-corrected chi connectivity index (χ2v) is 8.22. The van der Waals surface area contributed by atoms with Crippen LogP contribution in [0.15, 0.2) is 12.4 Å². The molecule has 2 N–H and O–H groups in total. The molecule has 26 heavy (non-hydrogen) atoms. The van der Waals surface area contributed by atoms with Gasteiger partial charge in [-0.05, 0) is 50.9 Å². The van der Waals surface area contributed by atoms with Crippen molar-refractivity contribution < 1.29 is 4.79 Å². The Morgan fingerprint density at radius 2 is 1.92 bits per heavy atom. The molecule has 0 aromatic carbocycles. The molecule has 1 atom stereocenters. The highest BCUT2D eigenvalue weighted by Gasteiger charge is 2.24. The van der Waals surface area contributed by atoms with Crippen molar-refractivity contribution in [3.8, 4) is 0 Å². The number of piperidine rings is 1. The Balaban J connectivity index is 1.26. The van der Waals surface area contributed by atoms with Crippen LogP contribution >= 0.6 is 0 Å². The Morgan fingerprint density at radius 3 is 2.73 bits per heavy atom. The molecule has 1 aliphatic heterocycles. The lowest BCUT2D eigenvalue weighted by Crippen LogP contribution is -2.37. The topological polar surface area (TPSA) is 70.2 Å². The highest BCUT2D eigenvalue weighted by atomic mass is 16.1. The van der Waals surface area contributed by atoms with Crippen molar-refractivity contribution in [2.75, 3.05) is 23.3 Å². The normalized spacial score (nSPS) is 23.8. The van der Waals surface area contributed by atoms with Crippen molar-refractivity contribution in [1.29, 1.82) is 0 Å². The van der Waals surface area contributed by atoms with Crippen molar-refractivity contribution in [1.82, 2.24) is 15.3 Å². The zero-order chi connectivity index (χ0) is 17.8. The molecule has 0 bridgehead atoms. The number of nitrogens with zero attached hydrogens (tertiary/aromatic N) is 3. The summed E-state index contributed by atoms with van der Waals surface area (Å²) in [5.41, 5.74) is 0. The summed E-state index contributed by atoms with van der Waals surface area (Å²) in [5.74, 6) is 2.78. The predicted molar refractivity (Wildman–Crippen MR) is 103 cm³/mol. The van der Waals surface area contributed by atoms with Crippen LogP contribution in [-0.2, 0) is 4.79 Å². The second kappa shape index (κ2) is 8.23. The number of aromatic nitrogens is 2. The van der Waals surface area contributed by atoms with Gasteiger partial charge in [0.05, 0.1) is 0 Å². The summed E-state index contributed by atoms with van der Waals surface area (Å²) in [5, 5.41) is 6.66. The summed E-state index contributed by atoms with van der Waals surface area (Å²) in [7, 11) is 0. The van der Waals surface area contributed by atoms with Gasteiger partial charge in [0.2, 0.25) is 5.91 Å². The van der Waals surface area contributed by atoms with E-state index in [0.717, 1.165) is 44.0 Å². The van der Waals surface area contributed by atoms with E-state index in [1.807, 2.05) is 0 Å². The molecule has 0 radical (unpaired) electrons. The third-order valence-corrected chi connectivity index (χ3v) is 5.92. The van der Waals surface area contributed by atoms with Crippen LogP contribution in [0.4, 0.5) is 11.6 Å². The molecule has 6 heteroatoms. The minimum Gasteiger partial charge on any atom is -0.367 e. The average Bonchev–Trinajstić information content (AvgIpc) is 3.33. The number of hydrogen-bond acceptors (Lipinski definition) is 5. The van der Waals surface area contributed by atoms with Gasteiger partial charge in [-0.1, -0.05) is 12.8 Å². The summed E-state index contributed by atoms with van der Waals surface area (Å²) in [4.78, 5) is 23.4. The van der Waals surface area contributed by atoms with E-state index in [1.54, 1.807) is 6.33 Å². The summed E-state index contributed by atoms with van der Waals surface area (Å²) in [6, 6.07) is 3.11. The van der Waals surface area contributed by atoms with E-state index in [0.29, 0.717) is 24.4 Å². The first-order valence-corrected chi connectivity index (χ1v) is 10.4. The Morgan fingerprint density at radius 1 is 1.08 bits per heavy atom. The lowest BCUT2D eigenvalue weighted by molar-refractivity contribution is -0.122. The molecule has 2 saturated carbocycles. The lowest BCUT2D eigenvalue weighted by Gasteiger charge is -2.33. The van der Waals surface area contributed by atoms with Gasteiger partial charge in [0, 0.05) is 37.7 Å². The number of anilines is 2. The van der Waals surface area contributed by atoms with Crippen molar-refractivity contribution in [2.45, 2.75) is 76.3 Å². The quantitative estimate of drug-likeness (QED) is 0.785. The molecule has 1 saturated heterocycles. The molecular formula is C20H31N5O. The number of rotatable bonds is 7. The highest BCUT2D eigenvalue weighted by molar-refractivity contribution is 5.76. The monoisotopic (exact) mass is 357 g/mol. The Kier molecular flexibility index (Phi) is 5.56. The Hall–Kier alpha value is -1.85. The summed E-state index contributed by atoms with van der Waals surface area (Å²) < 4.78 is 0. The van der Waals surface area contributed by atoms with Crippen molar-refractivity contribution in [3.63, 3.8) is 0 Å². The molecule has 0 spiro atoms. The molecule has 4 rings (SSSR count). The van der Waals surface area contributed by atoms with Gasteiger partial charge < -0.3 is 15.5 Å². The minimum absolute atomic E-state index is 0.243. The number of hydrogen-bond donors (Lipinski definition) is 2. The first-order valence-electron chi connectivity index (χ1n) is 10.4. The molecule has 3 fully saturated rings. The van der Waals surface area contributed by atoms with E-state index in [2.05, 4.69) is 31.6 Å². The van der Waals surface area contributed by atoms with E-state index in [9.17, 15) is 4.79 Å². The molecule has 2 aliphatic carbocycles. The highest BCUT2D eigenvalue weighted by Crippen LogP contribution is 2.28. The van der Waals surface area contributed by atoms with Crippen molar-refractivity contribution in [3.05, 3.63) is 12.4 Å². The van der Waals surface area contributed by atoms with E-state index < -0.39 is 0 Å². The van der Waals surface area contributed by atoms with Crippen LogP contribution in [-0.4, -0.2) is 41.0 Å². The van der Waals surface area contributed by atoms with E-state index in [-0.39, 0.29) is 5.91 Å². The fourth-order valence-electron chi connectivity index (χ4n) is 4.25. The van der Waals surface area contributed by atoms with Crippen molar-refractivity contribution >= 4 is 17.5 Å². The van der Waals surface area contributed by atoms with E-state index >= 15 is 0 Å². The molecular weight excluding hydrogens is 326 g/mol. The maximum absolute atomic E-state index is 12.2. The Labute approximate surface area is 156 Å². The maximum atomic E-state index is 12.2. The summed E-state index contributed by atoms with van der Waals surface area (Å²) >= 11 is 0. The van der Waals surface area contributed by atoms with Crippen LogP contribution in [0.5, 0.6) is 0 Å². The number of carbonyl (C=O) groups is 1. The summed E-state index contributed by atoms with van der Waals surface area (Å²) in [6.45, 7) is 2.04. The lowest BCUT2D eigenvalue weighted by atomic mass is 9.93. The van der Waals surface area contributed by atoms with Crippen LogP contribution in [0.25, 0.3) is 0 Å². The molecule has 6 nitrogen and oxygen atoms in total. The van der Waals surface area contributed by atoms with Crippen LogP contribution in [0.2, 0.25) is 0 Å². The number of amides is 1. The largest absolute Gasteiger partial charge is 0.367 e. The molecule has 2 heterocycles.